The van der Waals surface area contributed by atoms with Gasteiger partial charge in [0, 0.05) is 18.2 Å². The number of nitrogens with zero attached hydrogens (tertiary/aromatic N) is 3. The van der Waals surface area contributed by atoms with Crippen molar-refractivity contribution in [3.05, 3.63) is 29.3 Å². The smallest absolute Gasteiger partial charge is 0.257 e. The fraction of sp³-hybridized carbons (Fsp3) is 0.438. The maximum atomic E-state index is 13.2. The molecule has 10 heteroatoms. The Morgan fingerprint density at radius 1 is 1.38 bits per heavy atom. The third kappa shape index (κ3) is 3.71. The first kappa shape index (κ1) is 18.7. The third-order valence-corrected chi connectivity index (χ3v) is 6.98. The van der Waals surface area contributed by atoms with Crippen molar-refractivity contribution in [1.29, 1.82) is 0 Å². The number of carbonyl (C=O) groups is 1. The molecule has 0 saturated carbocycles. The van der Waals surface area contributed by atoms with Crippen LogP contribution in [0.25, 0.3) is 0 Å². The molecule has 1 fully saturated rings. The molecule has 2 aromatic rings. The Morgan fingerprint density at radius 3 is 2.85 bits per heavy atom. The Kier molecular flexibility index (Phi) is 5.54. The number of hydrogen-bond donors (Lipinski definition) is 1. The van der Waals surface area contributed by atoms with Crippen molar-refractivity contribution in [3.8, 4) is 5.75 Å². The minimum absolute atomic E-state index is 0.00124. The standard InChI is InChI=1S/C16H20N4O4S2/c1-11-5-3-4-8-20(11)26(22,23)14-9-12(6-7-13(14)24-2)15(21)18-16-19-17-10-25-16/h6-7,9-11H,3-5,8H2,1-2H3,(H,18,19,21). The summed E-state index contributed by atoms with van der Waals surface area (Å²) in [5.41, 5.74) is 1.71. The fourth-order valence-corrected chi connectivity index (χ4v) is 5.29. The predicted molar refractivity (Wildman–Crippen MR) is 98.1 cm³/mol. The molecule has 0 aliphatic carbocycles. The molecule has 8 nitrogen and oxygen atoms in total. The molecule has 140 valence electrons. The number of hydrogen-bond acceptors (Lipinski definition) is 7. The lowest BCUT2D eigenvalue weighted by molar-refractivity contribution is 0.102. The summed E-state index contributed by atoms with van der Waals surface area (Å²) in [6.07, 6.45) is 2.65. The van der Waals surface area contributed by atoms with E-state index >= 15 is 0 Å². The number of sulfonamides is 1. The highest BCUT2D eigenvalue weighted by Gasteiger charge is 2.33. The number of amides is 1. The summed E-state index contributed by atoms with van der Waals surface area (Å²) in [7, 11) is -2.36. The van der Waals surface area contributed by atoms with Crippen molar-refractivity contribution in [2.45, 2.75) is 37.1 Å². The average Bonchev–Trinajstić information content (AvgIpc) is 3.14. The van der Waals surface area contributed by atoms with Crippen LogP contribution in [0.2, 0.25) is 0 Å². The first-order valence-corrected chi connectivity index (χ1v) is 10.5. The quantitative estimate of drug-likeness (QED) is 0.832. The van der Waals surface area contributed by atoms with Crippen LogP contribution in [-0.4, -0.2) is 48.5 Å². The van der Waals surface area contributed by atoms with Gasteiger partial charge in [-0.3, -0.25) is 10.1 Å². The SMILES string of the molecule is COc1ccc(C(=O)Nc2nncs2)cc1S(=O)(=O)N1CCCCC1C. The van der Waals surface area contributed by atoms with Gasteiger partial charge in [-0.2, -0.15) is 4.31 Å². The van der Waals surface area contributed by atoms with E-state index in [1.54, 1.807) is 0 Å². The van der Waals surface area contributed by atoms with Crippen molar-refractivity contribution in [3.63, 3.8) is 0 Å². The molecule has 2 heterocycles. The zero-order chi connectivity index (χ0) is 18.7. The lowest BCUT2D eigenvalue weighted by Crippen LogP contribution is -2.42. The summed E-state index contributed by atoms with van der Waals surface area (Å²) < 4.78 is 33.1. The van der Waals surface area contributed by atoms with Crippen molar-refractivity contribution in [1.82, 2.24) is 14.5 Å². The molecular weight excluding hydrogens is 376 g/mol. The predicted octanol–water partition coefficient (Wildman–Crippen LogP) is 2.36. The number of carbonyl (C=O) groups excluding carboxylic acids is 1. The molecule has 3 rings (SSSR count). The Labute approximate surface area is 156 Å². The number of benzene rings is 1. The van der Waals surface area contributed by atoms with Crippen molar-refractivity contribution < 1.29 is 17.9 Å². The maximum absolute atomic E-state index is 13.2. The summed E-state index contributed by atoms with van der Waals surface area (Å²) in [5.74, 6) is -0.234. The second-order valence-electron chi connectivity index (χ2n) is 6.02. The Bertz CT molecular complexity index is 884. The monoisotopic (exact) mass is 396 g/mol. The average molecular weight is 396 g/mol. The largest absolute Gasteiger partial charge is 0.495 e. The van der Waals surface area contributed by atoms with Gasteiger partial charge >= 0.3 is 0 Å². The van der Waals surface area contributed by atoms with Gasteiger partial charge in [-0.25, -0.2) is 8.42 Å². The highest BCUT2D eigenvalue weighted by Crippen LogP contribution is 2.31. The number of aromatic nitrogens is 2. The van der Waals surface area contributed by atoms with Gasteiger partial charge in [0.2, 0.25) is 15.2 Å². The van der Waals surface area contributed by atoms with Gasteiger partial charge in [-0.1, -0.05) is 17.8 Å². The highest BCUT2D eigenvalue weighted by molar-refractivity contribution is 7.89. The lowest BCUT2D eigenvalue weighted by atomic mass is 10.1. The second kappa shape index (κ2) is 7.68. The van der Waals surface area contributed by atoms with E-state index in [2.05, 4.69) is 15.5 Å². The summed E-state index contributed by atoms with van der Waals surface area (Å²) in [6.45, 7) is 2.36. The van der Waals surface area contributed by atoms with Gasteiger partial charge in [0.15, 0.2) is 0 Å². The lowest BCUT2D eigenvalue weighted by Gasteiger charge is -2.32. The second-order valence-corrected chi connectivity index (χ2v) is 8.72. The van der Waals surface area contributed by atoms with Crippen LogP contribution in [0.15, 0.2) is 28.6 Å². The van der Waals surface area contributed by atoms with Crippen LogP contribution in [0.5, 0.6) is 5.75 Å². The summed E-state index contributed by atoms with van der Waals surface area (Å²) in [5, 5.41) is 10.4. The number of ether oxygens (including phenoxy) is 1. The number of methoxy groups -OCH3 is 1. The van der Waals surface area contributed by atoms with E-state index in [0.717, 1.165) is 19.3 Å². The van der Waals surface area contributed by atoms with Gasteiger partial charge in [-0.05, 0) is 38.0 Å². The van der Waals surface area contributed by atoms with Gasteiger partial charge in [0.1, 0.15) is 16.2 Å². The van der Waals surface area contributed by atoms with Gasteiger partial charge in [-0.15, -0.1) is 10.2 Å². The molecular formula is C16H20N4O4S2. The van der Waals surface area contributed by atoms with Crippen LogP contribution < -0.4 is 10.1 Å². The topological polar surface area (TPSA) is 101 Å². The Balaban J connectivity index is 1.96. The van der Waals surface area contributed by atoms with E-state index in [1.165, 1.54) is 46.5 Å². The van der Waals surface area contributed by atoms with E-state index in [4.69, 9.17) is 4.74 Å². The van der Waals surface area contributed by atoms with Gasteiger partial charge < -0.3 is 4.74 Å². The van der Waals surface area contributed by atoms with E-state index in [-0.39, 0.29) is 22.3 Å². The normalized spacial score (nSPS) is 18.5. The summed E-state index contributed by atoms with van der Waals surface area (Å²) >= 11 is 1.18. The van der Waals surface area contributed by atoms with Crippen LogP contribution >= 0.6 is 11.3 Å². The molecule has 1 aliphatic heterocycles. The van der Waals surface area contributed by atoms with Crippen LogP contribution in [0.3, 0.4) is 0 Å². The molecule has 1 N–H and O–H groups in total. The molecule has 1 unspecified atom stereocenters. The molecule has 0 bridgehead atoms. The molecule has 1 saturated heterocycles. The van der Waals surface area contributed by atoms with E-state index in [9.17, 15) is 13.2 Å². The molecule has 1 aromatic heterocycles. The molecule has 26 heavy (non-hydrogen) atoms. The molecule has 1 aliphatic rings. The minimum atomic E-state index is -3.77. The van der Waals surface area contributed by atoms with E-state index < -0.39 is 15.9 Å². The maximum Gasteiger partial charge on any atom is 0.257 e. The van der Waals surface area contributed by atoms with Gasteiger partial charge in [0.25, 0.3) is 5.91 Å². The number of nitrogens with one attached hydrogen (secondary N) is 1. The number of rotatable bonds is 5. The summed E-state index contributed by atoms with van der Waals surface area (Å²) in [4.78, 5) is 12.4. The molecule has 0 spiro atoms. The molecule has 1 aromatic carbocycles. The molecule has 0 radical (unpaired) electrons. The Morgan fingerprint density at radius 2 is 2.19 bits per heavy atom. The van der Waals surface area contributed by atoms with Crippen molar-refractivity contribution in [2.24, 2.45) is 0 Å². The van der Waals surface area contributed by atoms with Gasteiger partial charge in [0.05, 0.1) is 7.11 Å². The molecule has 1 atom stereocenters. The van der Waals surface area contributed by atoms with E-state index in [1.807, 2.05) is 6.92 Å². The van der Waals surface area contributed by atoms with Crippen LogP contribution in [-0.2, 0) is 10.0 Å². The minimum Gasteiger partial charge on any atom is -0.495 e. The first-order chi connectivity index (χ1) is 12.4. The molecule has 1 amide bonds. The zero-order valence-electron chi connectivity index (χ0n) is 14.5. The van der Waals surface area contributed by atoms with Crippen LogP contribution in [0, 0.1) is 0 Å². The van der Waals surface area contributed by atoms with Crippen LogP contribution in [0.1, 0.15) is 36.5 Å². The summed E-state index contributed by atoms with van der Waals surface area (Å²) in [6, 6.07) is 4.29. The number of piperidine rings is 1. The van der Waals surface area contributed by atoms with Crippen molar-refractivity contribution in [2.75, 3.05) is 19.0 Å². The fourth-order valence-electron chi connectivity index (χ4n) is 2.97. The third-order valence-electron chi connectivity index (χ3n) is 4.33. The van der Waals surface area contributed by atoms with Crippen LogP contribution in [0.4, 0.5) is 5.13 Å². The van der Waals surface area contributed by atoms with Crippen molar-refractivity contribution >= 4 is 32.4 Å². The Hall–Kier alpha value is -2.04. The van der Waals surface area contributed by atoms with E-state index in [0.29, 0.717) is 11.7 Å². The number of anilines is 1. The zero-order valence-corrected chi connectivity index (χ0v) is 16.1. The highest BCUT2D eigenvalue weighted by atomic mass is 32.2. The first-order valence-electron chi connectivity index (χ1n) is 8.21.